The van der Waals surface area contributed by atoms with E-state index in [9.17, 15) is 24.4 Å². The van der Waals surface area contributed by atoms with Crippen LogP contribution in [0.2, 0.25) is 0 Å². The highest BCUT2D eigenvalue weighted by Crippen LogP contribution is 2.47. The molecule has 3 aliphatic rings. The molecule has 4 aromatic rings. The molecule has 332 valence electrons. The van der Waals surface area contributed by atoms with Crippen molar-refractivity contribution in [3.63, 3.8) is 0 Å². The molecule has 0 saturated heterocycles. The van der Waals surface area contributed by atoms with Crippen LogP contribution in [0, 0.1) is 91.9 Å². The third kappa shape index (κ3) is 12.1. The first kappa shape index (κ1) is 50.0. The molecular weight excluding hydrogens is 793 g/mol. The number of nitriles is 2. The van der Waals surface area contributed by atoms with Crippen LogP contribution in [0.15, 0.2) is 95.0 Å². The van der Waals surface area contributed by atoms with E-state index in [2.05, 4.69) is 103 Å². The van der Waals surface area contributed by atoms with Crippen LogP contribution in [0.25, 0.3) is 0 Å². The van der Waals surface area contributed by atoms with E-state index in [1.54, 1.807) is 13.0 Å². The van der Waals surface area contributed by atoms with Gasteiger partial charge in [0.15, 0.2) is 5.78 Å². The van der Waals surface area contributed by atoms with E-state index in [-0.39, 0.29) is 41.5 Å². The minimum Gasteiger partial charge on any atom is -0.402 e. The highest BCUT2D eigenvalue weighted by molar-refractivity contribution is 6.02. The largest absolute Gasteiger partial charge is 0.402 e. The fraction of sp³-hybridized carbons (Fsp3) is 0.357. The number of hydrogen-bond acceptors (Lipinski definition) is 8. The van der Waals surface area contributed by atoms with Crippen molar-refractivity contribution in [2.45, 2.75) is 133 Å². The number of aldehydes is 1. The molecule has 0 aromatic heterocycles. The van der Waals surface area contributed by atoms with Crippen molar-refractivity contribution in [3.8, 4) is 12.1 Å². The Labute approximate surface area is 381 Å². The molecule has 2 aliphatic carbocycles. The van der Waals surface area contributed by atoms with E-state index in [4.69, 9.17) is 11.0 Å². The molecule has 1 fully saturated rings. The van der Waals surface area contributed by atoms with E-state index in [0.717, 1.165) is 51.9 Å². The number of nitrogens with two attached hydrogens (primary N) is 1. The Balaban J connectivity index is 0.000000226. The first-order valence-electron chi connectivity index (χ1n) is 21.9. The quantitative estimate of drug-likeness (QED) is 0.117. The first-order chi connectivity index (χ1) is 30.2. The zero-order valence-corrected chi connectivity index (χ0v) is 39.8. The summed E-state index contributed by atoms with van der Waals surface area (Å²) in [6, 6.07) is 24.8. The molecular formula is C56H64N4O4. The van der Waals surface area contributed by atoms with Crippen LogP contribution in [0.3, 0.4) is 0 Å². The zero-order chi connectivity index (χ0) is 47.6. The van der Waals surface area contributed by atoms with Gasteiger partial charge >= 0.3 is 0 Å². The molecule has 0 spiro atoms. The molecule has 7 rings (SSSR count). The van der Waals surface area contributed by atoms with Crippen LogP contribution in [0.1, 0.15) is 146 Å². The van der Waals surface area contributed by atoms with E-state index in [1.807, 2.05) is 45.0 Å². The van der Waals surface area contributed by atoms with Crippen molar-refractivity contribution < 1.29 is 19.2 Å². The summed E-state index contributed by atoms with van der Waals surface area (Å²) in [4.78, 5) is 47.1. The maximum atomic E-state index is 13.6. The third-order valence-corrected chi connectivity index (χ3v) is 12.6. The van der Waals surface area contributed by atoms with E-state index >= 15 is 0 Å². The molecule has 3 N–H and O–H groups in total. The van der Waals surface area contributed by atoms with Crippen LogP contribution >= 0.6 is 0 Å². The average Bonchev–Trinajstić information content (AvgIpc) is 3.19. The van der Waals surface area contributed by atoms with Gasteiger partial charge in [-0.05, 0) is 163 Å². The van der Waals surface area contributed by atoms with E-state index in [1.165, 1.54) is 61.7 Å². The second-order valence-electron chi connectivity index (χ2n) is 17.8. The topological polar surface area (TPSA) is 154 Å². The van der Waals surface area contributed by atoms with Gasteiger partial charge in [-0.2, -0.15) is 10.5 Å². The standard InChI is InChI=1S/C28H30N2O.C15H18O2.C9H10O.C4H6N2/c1-15-10-17(3)26(18(4)11-15)21-12-24-28(25(31)13-21)27(23(14-29)20(6)30-24)22-9-7-8-16(2)19(22)5;1-9-4-10(2)15(11(3)5-9)12-6-13(16)8-14(17)7-12;1-7-4-3-5-9(6-10)8(7)2;1-4(6)2-3-5/h7-11,21,27,30H,12-13H2,1-6H3;4-5,12H,6-8H2,1-3H3;3-6H,1-2H3;2H,6H2,1H3/b;;;4-2+. The molecule has 0 amide bonds. The number of aryl methyl sites for hydroxylation is 8. The SMILES string of the molecule is C/C(N)=C\C#N.CC1=C(C#N)C(c2cccc(C)c2C)C2=C(CC(c3c(C)cc(C)cc3C)CC2=O)N1.Cc1cc(C)c(C2CC(=O)CC(=O)C2)c(C)c1.Cc1cccc(C=O)c1C. The summed E-state index contributed by atoms with van der Waals surface area (Å²) in [7, 11) is 0. The number of nitrogens with one attached hydrogen (secondary N) is 1. The van der Waals surface area contributed by atoms with Gasteiger partial charge < -0.3 is 11.1 Å². The van der Waals surface area contributed by atoms with E-state index < -0.39 is 0 Å². The van der Waals surface area contributed by atoms with Gasteiger partial charge in [0.1, 0.15) is 17.9 Å². The third-order valence-electron chi connectivity index (χ3n) is 12.6. The Bertz CT molecular complexity index is 2600. The zero-order valence-electron chi connectivity index (χ0n) is 39.8. The highest BCUT2D eigenvalue weighted by Gasteiger charge is 2.40. The number of hydrogen-bond donors (Lipinski definition) is 2. The second-order valence-corrected chi connectivity index (χ2v) is 17.8. The lowest BCUT2D eigenvalue weighted by atomic mass is 9.70. The molecule has 2 atom stereocenters. The van der Waals surface area contributed by atoms with Crippen molar-refractivity contribution in [1.82, 2.24) is 5.32 Å². The predicted molar refractivity (Wildman–Crippen MR) is 257 cm³/mol. The maximum Gasteiger partial charge on any atom is 0.162 e. The molecule has 8 nitrogen and oxygen atoms in total. The number of carbonyl (C=O) groups is 4. The summed E-state index contributed by atoms with van der Waals surface area (Å²) in [6.07, 6.45) is 4.66. The van der Waals surface area contributed by atoms with Crippen LogP contribution in [-0.2, 0) is 14.4 Å². The predicted octanol–water partition coefficient (Wildman–Crippen LogP) is 11.6. The first-order valence-corrected chi connectivity index (χ1v) is 21.9. The van der Waals surface area contributed by atoms with Crippen LogP contribution in [-0.4, -0.2) is 23.6 Å². The molecule has 2 unspecified atom stereocenters. The lowest BCUT2D eigenvalue weighted by Crippen LogP contribution is -2.34. The molecule has 1 heterocycles. The molecule has 0 bridgehead atoms. The van der Waals surface area contributed by atoms with Gasteiger partial charge in [-0.1, -0.05) is 71.8 Å². The summed E-state index contributed by atoms with van der Waals surface area (Å²) in [5, 5.41) is 21.3. The summed E-state index contributed by atoms with van der Waals surface area (Å²) in [5.41, 5.74) is 25.2. The van der Waals surface area contributed by atoms with Gasteiger partial charge in [-0.3, -0.25) is 19.2 Å². The number of ketones is 3. The maximum absolute atomic E-state index is 13.6. The molecule has 64 heavy (non-hydrogen) atoms. The Kier molecular flexibility index (Phi) is 17.3. The Morgan fingerprint density at radius 1 is 0.672 bits per heavy atom. The van der Waals surface area contributed by atoms with Gasteiger partial charge in [0, 0.05) is 53.6 Å². The second kappa shape index (κ2) is 22.1. The molecule has 4 aromatic carbocycles. The van der Waals surface area contributed by atoms with Crippen molar-refractivity contribution in [1.29, 1.82) is 10.5 Å². The molecule has 0 radical (unpaired) electrons. The van der Waals surface area contributed by atoms with Gasteiger partial charge in [0.25, 0.3) is 0 Å². The lowest BCUT2D eigenvalue weighted by Gasteiger charge is -2.37. The normalized spacial score (nSPS) is 17.3. The van der Waals surface area contributed by atoms with Gasteiger partial charge in [-0.15, -0.1) is 0 Å². The fourth-order valence-corrected chi connectivity index (χ4v) is 9.65. The van der Waals surface area contributed by atoms with E-state index in [0.29, 0.717) is 30.5 Å². The van der Waals surface area contributed by atoms with Crippen LogP contribution in [0.4, 0.5) is 0 Å². The van der Waals surface area contributed by atoms with Crippen molar-refractivity contribution in [3.05, 3.63) is 173 Å². The number of Topliss-reactive ketones (excluding diaryl/α,β-unsaturated/α-hetero) is 3. The minimum atomic E-state index is -0.283. The summed E-state index contributed by atoms with van der Waals surface area (Å²) in [5.74, 6) is 0.315. The number of benzene rings is 4. The summed E-state index contributed by atoms with van der Waals surface area (Å²) in [6.45, 7) is 24.4. The van der Waals surface area contributed by atoms with Crippen LogP contribution in [0.5, 0.6) is 0 Å². The smallest absolute Gasteiger partial charge is 0.162 e. The van der Waals surface area contributed by atoms with Gasteiger partial charge in [0.05, 0.1) is 30.1 Å². The van der Waals surface area contributed by atoms with Gasteiger partial charge in [0.2, 0.25) is 0 Å². The molecule has 1 aliphatic heterocycles. The Morgan fingerprint density at radius 2 is 1.16 bits per heavy atom. The number of allylic oxidation sites excluding steroid dienone is 6. The highest BCUT2D eigenvalue weighted by atomic mass is 16.2. The molecule has 1 saturated carbocycles. The number of nitrogens with zero attached hydrogens (tertiary/aromatic N) is 2. The fourth-order valence-electron chi connectivity index (χ4n) is 9.65. The van der Waals surface area contributed by atoms with Gasteiger partial charge in [-0.25, -0.2) is 0 Å². The number of carbonyl (C=O) groups excluding carboxylic acids is 4. The number of dihydropyridines is 1. The summed E-state index contributed by atoms with van der Waals surface area (Å²) >= 11 is 0. The van der Waals surface area contributed by atoms with Crippen molar-refractivity contribution in [2.75, 3.05) is 0 Å². The minimum absolute atomic E-state index is 0.0885. The number of rotatable bonds is 4. The average molecular weight is 857 g/mol. The van der Waals surface area contributed by atoms with Crippen molar-refractivity contribution >= 4 is 23.6 Å². The lowest BCUT2D eigenvalue weighted by molar-refractivity contribution is -0.130. The Morgan fingerprint density at radius 3 is 1.59 bits per heavy atom. The summed E-state index contributed by atoms with van der Waals surface area (Å²) < 4.78 is 0. The Hall–Kier alpha value is -6.64. The van der Waals surface area contributed by atoms with Crippen molar-refractivity contribution in [2.24, 2.45) is 5.73 Å². The monoisotopic (exact) mass is 856 g/mol. The van der Waals surface area contributed by atoms with Crippen LogP contribution < -0.4 is 11.1 Å². The molecule has 8 heteroatoms.